The first-order valence-corrected chi connectivity index (χ1v) is 5.80. The minimum atomic E-state index is -0.489. The molecule has 20 heavy (non-hydrogen) atoms. The molecular weight excluding hydrogens is 263 g/mol. The van der Waals surface area contributed by atoms with Crippen LogP contribution in [0.25, 0.3) is 0 Å². The van der Waals surface area contributed by atoms with E-state index in [1.807, 2.05) is 0 Å². The van der Waals surface area contributed by atoms with E-state index in [-0.39, 0.29) is 18.1 Å². The fourth-order valence-electron chi connectivity index (χ4n) is 1.54. The summed E-state index contributed by atoms with van der Waals surface area (Å²) in [6, 6.07) is 12.2. The maximum absolute atomic E-state index is 13.3. The highest BCUT2D eigenvalue weighted by atomic mass is 19.1. The summed E-state index contributed by atoms with van der Waals surface area (Å²) >= 11 is 0. The van der Waals surface area contributed by atoms with Gasteiger partial charge in [0.2, 0.25) is 0 Å². The molecule has 102 valence electrons. The molecule has 0 radical (unpaired) electrons. The molecule has 0 N–H and O–H groups in total. The van der Waals surface area contributed by atoms with Gasteiger partial charge in [-0.05, 0) is 6.07 Å². The number of nitrogens with zero attached hydrogens (tertiary/aromatic N) is 2. The van der Waals surface area contributed by atoms with Crippen LogP contribution in [0.3, 0.4) is 0 Å². The standard InChI is InChI=1S/C14H11FN2O3/c15-14-7-2-1-5-12(14)10-20-16-9-11-4-3-6-13(8-11)17(18)19/h1-9H,10H2/b16-9-. The SMILES string of the molecule is O=[N+]([O-])c1cccc(/C=N\OCc2ccccc2F)c1. The minimum Gasteiger partial charge on any atom is -0.391 e. The Kier molecular flexibility index (Phi) is 4.39. The van der Waals surface area contributed by atoms with Gasteiger partial charge in [0, 0.05) is 23.3 Å². The van der Waals surface area contributed by atoms with Gasteiger partial charge in [-0.25, -0.2) is 4.39 Å². The Morgan fingerprint density at radius 3 is 2.80 bits per heavy atom. The highest BCUT2D eigenvalue weighted by molar-refractivity contribution is 5.80. The molecule has 0 unspecified atom stereocenters. The van der Waals surface area contributed by atoms with E-state index in [0.717, 1.165) is 0 Å². The van der Waals surface area contributed by atoms with Crippen LogP contribution in [0.1, 0.15) is 11.1 Å². The van der Waals surface area contributed by atoms with Crippen molar-refractivity contribution < 1.29 is 14.2 Å². The summed E-state index contributed by atoms with van der Waals surface area (Å²) in [6.45, 7) is -0.00188. The maximum atomic E-state index is 13.3. The van der Waals surface area contributed by atoms with Crippen molar-refractivity contribution in [2.45, 2.75) is 6.61 Å². The van der Waals surface area contributed by atoms with Crippen molar-refractivity contribution in [3.05, 3.63) is 75.6 Å². The number of benzene rings is 2. The monoisotopic (exact) mass is 274 g/mol. The van der Waals surface area contributed by atoms with Crippen LogP contribution < -0.4 is 0 Å². The number of hydrogen-bond donors (Lipinski definition) is 0. The summed E-state index contributed by atoms with van der Waals surface area (Å²) in [6.07, 6.45) is 1.34. The Labute approximate surface area is 114 Å². The highest BCUT2D eigenvalue weighted by Gasteiger charge is 2.04. The molecule has 0 saturated heterocycles. The second-order valence-corrected chi connectivity index (χ2v) is 3.95. The molecule has 0 atom stereocenters. The number of rotatable bonds is 5. The van der Waals surface area contributed by atoms with Crippen molar-refractivity contribution in [2.24, 2.45) is 5.16 Å². The summed E-state index contributed by atoms with van der Waals surface area (Å²) in [7, 11) is 0. The number of oxime groups is 1. The van der Waals surface area contributed by atoms with E-state index in [2.05, 4.69) is 5.16 Å². The quantitative estimate of drug-likeness (QED) is 0.477. The lowest BCUT2D eigenvalue weighted by atomic mass is 10.2. The van der Waals surface area contributed by atoms with Crippen LogP contribution >= 0.6 is 0 Å². The number of halogens is 1. The molecule has 0 bridgehead atoms. The third-order valence-electron chi connectivity index (χ3n) is 2.54. The van der Waals surface area contributed by atoms with E-state index in [0.29, 0.717) is 11.1 Å². The molecule has 0 aliphatic heterocycles. The Hall–Kier alpha value is -2.76. The summed E-state index contributed by atoms with van der Waals surface area (Å²) in [5.41, 5.74) is 0.902. The number of hydrogen-bond acceptors (Lipinski definition) is 4. The van der Waals surface area contributed by atoms with Crippen LogP contribution in [0.2, 0.25) is 0 Å². The number of nitro groups is 1. The predicted octanol–water partition coefficient (Wildman–Crippen LogP) is 3.28. The minimum absolute atomic E-state index is 0.00188. The molecule has 5 nitrogen and oxygen atoms in total. The Morgan fingerprint density at radius 2 is 2.05 bits per heavy atom. The van der Waals surface area contributed by atoms with Crippen molar-refractivity contribution in [1.82, 2.24) is 0 Å². The maximum Gasteiger partial charge on any atom is 0.270 e. The zero-order valence-electron chi connectivity index (χ0n) is 10.4. The van der Waals surface area contributed by atoms with Crippen LogP contribution in [0.5, 0.6) is 0 Å². The average molecular weight is 274 g/mol. The molecule has 2 aromatic rings. The van der Waals surface area contributed by atoms with Crippen molar-refractivity contribution in [3.8, 4) is 0 Å². The summed E-state index contributed by atoms with van der Waals surface area (Å²) in [5.74, 6) is -0.363. The Balaban J connectivity index is 1.95. The van der Waals surface area contributed by atoms with E-state index in [1.165, 1.54) is 24.4 Å². The second-order valence-electron chi connectivity index (χ2n) is 3.95. The van der Waals surface area contributed by atoms with Crippen LogP contribution in [-0.4, -0.2) is 11.1 Å². The van der Waals surface area contributed by atoms with E-state index < -0.39 is 4.92 Å². The van der Waals surface area contributed by atoms with Gasteiger partial charge in [0.05, 0.1) is 11.1 Å². The van der Waals surface area contributed by atoms with Gasteiger partial charge in [0.15, 0.2) is 0 Å². The zero-order valence-corrected chi connectivity index (χ0v) is 10.4. The van der Waals surface area contributed by atoms with Gasteiger partial charge in [-0.1, -0.05) is 35.5 Å². The molecule has 0 aliphatic carbocycles. The van der Waals surface area contributed by atoms with Crippen molar-refractivity contribution in [3.63, 3.8) is 0 Å². The Morgan fingerprint density at radius 1 is 1.25 bits per heavy atom. The molecule has 0 aliphatic rings. The van der Waals surface area contributed by atoms with Crippen LogP contribution in [0.15, 0.2) is 53.7 Å². The van der Waals surface area contributed by atoms with Crippen LogP contribution in [0, 0.1) is 15.9 Å². The van der Waals surface area contributed by atoms with E-state index in [9.17, 15) is 14.5 Å². The zero-order chi connectivity index (χ0) is 14.4. The summed E-state index contributed by atoms with van der Waals surface area (Å²) < 4.78 is 13.3. The normalized spacial score (nSPS) is 10.7. The molecule has 0 heterocycles. The molecule has 0 spiro atoms. The molecule has 6 heteroatoms. The fraction of sp³-hybridized carbons (Fsp3) is 0.0714. The van der Waals surface area contributed by atoms with Gasteiger partial charge in [0.1, 0.15) is 12.4 Å². The van der Waals surface area contributed by atoms with Gasteiger partial charge in [-0.3, -0.25) is 10.1 Å². The third-order valence-corrected chi connectivity index (χ3v) is 2.54. The number of nitro benzene ring substituents is 1. The first-order valence-electron chi connectivity index (χ1n) is 5.80. The summed E-state index contributed by atoms with van der Waals surface area (Å²) in [5, 5.41) is 14.3. The lowest BCUT2D eigenvalue weighted by Gasteiger charge is -2.00. The molecule has 0 saturated carbocycles. The average Bonchev–Trinajstić information content (AvgIpc) is 2.45. The smallest absolute Gasteiger partial charge is 0.270 e. The van der Waals surface area contributed by atoms with E-state index in [1.54, 1.807) is 30.3 Å². The molecule has 0 fully saturated rings. The molecular formula is C14H11FN2O3. The van der Waals surface area contributed by atoms with Crippen molar-refractivity contribution >= 4 is 11.9 Å². The molecule has 2 rings (SSSR count). The van der Waals surface area contributed by atoms with Gasteiger partial charge in [-0.2, -0.15) is 0 Å². The van der Waals surface area contributed by atoms with Gasteiger partial charge in [0.25, 0.3) is 5.69 Å². The molecule has 0 amide bonds. The lowest BCUT2D eigenvalue weighted by molar-refractivity contribution is -0.384. The second kappa shape index (κ2) is 6.42. The van der Waals surface area contributed by atoms with E-state index >= 15 is 0 Å². The highest BCUT2D eigenvalue weighted by Crippen LogP contribution is 2.12. The Bertz CT molecular complexity index is 644. The third kappa shape index (κ3) is 3.61. The first-order chi connectivity index (χ1) is 9.66. The predicted molar refractivity (Wildman–Crippen MR) is 71.9 cm³/mol. The van der Waals surface area contributed by atoms with E-state index in [4.69, 9.17) is 4.84 Å². The molecule has 0 aromatic heterocycles. The van der Waals surface area contributed by atoms with Crippen molar-refractivity contribution in [1.29, 1.82) is 0 Å². The van der Waals surface area contributed by atoms with Crippen LogP contribution in [0.4, 0.5) is 10.1 Å². The van der Waals surface area contributed by atoms with Gasteiger partial charge >= 0.3 is 0 Å². The first kappa shape index (κ1) is 13.7. The van der Waals surface area contributed by atoms with Gasteiger partial charge < -0.3 is 4.84 Å². The van der Waals surface area contributed by atoms with Crippen molar-refractivity contribution in [2.75, 3.05) is 0 Å². The number of non-ortho nitro benzene ring substituents is 1. The fourth-order valence-corrected chi connectivity index (χ4v) is 1.54. The molecule has 2 aromatic carbocycles. The van der Waals surface area contributed by atoms with Crippen LogP contribution in [-0.2, 0) is 11.4 Å². The largest absolute Gasteiger partial charge is 0.391 e. The lowest BCUT2D eigenvalue weighted by Crippen LogP contribution is -1.93. The van der Waals surface area contributed by atoms with Gasteiger partial charge in [-0.15, -0.1) is 0 Å². The summed E-state index contributed by atoms with van der Waals surface area (Å²) in [4.78, 5) is 15.1. The topological polar surface area (TPSA) is 64.7 Å².